The van der Waals surface area contributed by atoms with Gasteiger partial charge in [0.25, 0.3) is 11.8 Å². The van der Waals surface area contributed by atoms with E-state index in [0.717, 1.165) is 25.2 Å². The number of nitrogens with one attached hydrogen (secondary N) is 1. The minimum Gasteiger partial charge on any atom is -0.465 e. The van der Waals surface area contributed by atoms with E-state index in [9.17, 15) is 9.59 Å². The van der Waals surface area contributed by atoms with Crippen LogP contribution in [0.5, 0.6) is 0 Å². The second-order valence-electron chi connectivity index (χ2n) is 7.86. The number of hydrogen-bond acceptors (Lipinski definition) is 4. The smallest absolute Gasteiger partial charge is 0.270 e. The summed E-state index contributed by atoms with van der Waals surface area (Å²) < 4.78 is 5.39. The molecule has 1 aliphatic heterocycles. The van der Waals surface area contributed by atoms with E-state index >= 15 is 0 Å². The molecule has 0 atom stereocenters. The predicted octanol–water partition coefficient (Wildman–Crippen LogP) is 4.10. The summed E-state index contributed by atoms with van der Waals surface area (Å²) in [4.78, 5) is 30.3. The fourth-order valence-electron chi connectivity index (χ4n) is 3.76. The van der Waals surface area contributed by atoms with Gasteiger partial charge in [0.1, 0.15) is 11.5 Å². The van der Waals surface area contributed by atoms with Crippen molar-refractivity contribution < 1.29 is 14.0 Å². The molecule has 2 heterocycles. The molecule has 2 aromatic carbocycles. The number of nitrogens with zero attached hydrogens (tertiary/aromatic N) is 2. The highest BCUT2D eigenvalue weighted by Gasteiger charge is 2.24. The molecule has 0 unspecified atom stereocenters. The van der Waals surface area contributed by atoms with Gasteiger partial charge in [0, 0.05) is 43.5 Å². The van der Waals surface area contributed by atoms with E-state index in [1.165, 1.54) is 5.56 Å². The van der Waals surface area contributed by atoms with Crippen molar-refractivity contribution >= 4 is 23.6 Å². The Balaban J connectivity index is 1.50. The van der Waals surface area contributed by atoms with Crippen LogP contribution in [0.3, 0.4) is 0 Å². The molecule has 0 aliphatic carbocycles. The number of carbonyl (C=O) groups is 2. The third-order valence-corrected chi connectivity index (χ3v) is 5.53. The molecular formula is C26H27N3O3. The largest absolute Gasteiger partial charge is 0.465 e. The second-order valence-corrected chi connectivity index (χ2v) is 7.86. The minimum absolute atomic E-state index is 0.206. The molecular weight excluding hydrogens is 402 g/mol. The van der Waals surface area contributed by atoms with Crippen LogP contribution in [0.25, 0.3) is 6.08 Å². The molecule has 2 amide bonds. The number of aryl methyl sites for hydroxylation is 1. The van der Waals surface area contributed by atoms with E-state index in [2.05, 4.69) is 41.4 Å². The lowest BCUT2D eigenvalue weighted by Crippen LogP contribution is -2.40. The summed E-state index contributed by atoms with van der Waals surface area (Å²) in [7, 11) is 0. The maximum Gasteiger partial charge on any atom is 0.270 e. The first-order chi connectivity index (χ1) is 15.6. The van der Waals surface area contributed by atoms with Crippen molar-refractivity contribution in [2.24, 2.45) is 0 Å². The van der Waals surface area contributed by atoms with Gasteiger partial charge in [0.15, 0.2) is 0 Å². The fraction of sp³-hybridized carbons (Fsp3) is 0.231. The Hall–Kier alpha value is -3.80. The minimum atomic E-state index is -0.326. The van der Waals surface area contributed by atoms with E-state index < -0.39 is 0 Å². The molecule has 6 heteroatoms. The summed E-state index contributed by atoms with van der Waals surface area (Å²) in [5.74, 6) is -0.0258. The summed E-state index contributed by atoms with van der Waals surface area (Å²) in [6.07, 6.45) is 3.98. The summed E-state index contributed by atoms with van der Waals surface area (Å²) in [5.41, 5.74) is 3.08. The summed E-state index contributed by atoms with van der Waals surface area (Å²) in [5, 5.41) is 2.80. The van der Waals surface area contributed by atoms with Crippen LogP contribution in [0.2, 0.25) is 0 Å². The summed E-state index contributed by atoms with van der Waals surface area (Å²) in [6, 6.07) is 20.8. The Morgan fingerprint density at radius 1 is 0.906 bits per heavy atom. The molecule has 0 bridgehead atoms. The molecule has 1 N–H and O–H groups in total. The van der Waals surface area contributed by atoms with Gasteiger partial charge in [0.05, 0.1) is 6.26 Å². The van der Waals surface area contributed by atoms with Crippen LogP contribution >= 0.6 is 0 Å². The van der Waals surface area contributed by atoms with E-state index in [0.29, 0.717) is 24.4 Å². The predicted molar refractivity (Wildman–Crippen MR) is 125 cm³/mol. The first-order valence-corrected chi connectivity index (χ1v) is 10.8. The molecule has 0 spiro atoms. The van der Waals surface area contributed by atoms with Crippen LogP contribution in [0.4, 0.5) is 5.69 Å². The molecule has 6 nitrogen and oxygen atoms in total. The van der Waals surface area contributed by atoms with Gasteiger partial charge in [-0.25, -0.2) is 0 Å². The third-order valence-electron chi connectivity index (χ3n) is 5.53. The molecule has 0 saturated carbocycles. The van der Waals surface area contributed by atoms with Crippen molar-refractivity contribution in [1.82, 2.24) is 10.2 Å². The molecule has 32 heavy (non-hydrogen) atoms. The summed E-state index contributed by atoms with van der Waals surface area (Å²) in [6.45, 7) is 4.88. The quantitative estimate of drug-likeness (QED) is 0.620. The zero-order valence-corrected chi connectivity index (χ0v) is 18.2. The highest BCUT2D eigenvalue weighted by molar-refractivity contribution is 6.05. The van der Waals surface area contributed by atoms with Crippen LogP contribution in [0, 0.1) is 6.92 Å². The van der Waals surface area contributed by atoms with E-state index in [1.807, 2.05) is 6.07 Å². The number of furan rings is 1. The van der Waals surface area contributed by atoms with Crippen LogP contribution in [0.1, 0.15) is 28.1 Å². The fourth-order valence-corrected chi connectivity index (χ4v) is 3.76. The van der Waals surface area contributed by atoms with E-state index in [-0.39, 0.29) is 17.5 Å². The Labute approximate surface area is 188 Å². The molecule has 3 aromatic rings. The monoisotopic (exact) mass is 429 g/mol. The Morgan fingerprint density at radius 2 is 1.69 bits per heavy atom. The third kappa shape index (κ3) is 5.27. The second kappa shape index (κ2) is 10.0. The lowest BCUT2D eigenvalue weighted by molar-refractivity contribution is -0.127. The van der Waals surface area contributed by atoms with Gasteiger partial charge < -0.3 is 19.5 Å². The number of rotatable bonds is 5. The topological polar surface area (TPSA) is 65.8 Å². The van der Waals surface area contributed by atoms with Crippen LogP contribution in [-0.4, -0.2) is 42.9 Å². The molecule has 1 saturated heterocycles. The van der Waals surface area contributed by atoms with Gasteiger partial charge in [-0.05, 0) is 49.7 Å². The summed E-state index contributed by atoms with van der Waals surface area (Å²) >= 11 is 0. The van der Waals surface area contributed by atoms with Gasteiger partial charge in [-0.1, -0.05) is 35.9 Å². The Bertz CT molecular complexity index is 1070. The van der Waals surface area contributed by atoms with Gasteiger partial charge in [0.2, 0.25) is 0 Å². The Kier molecular flexibility index (Phi) is 6.70. The standard InChI is InChI=1S/C26H27N3O3/c1-20-10-12-22(13-11-20)28-14-6-15-29(17-16-28)26(31)24(19-23-9-5-18-32-23)27-25(30)21-7-3-2-4-8-21/h2-5,7-13,18-19H,6,14-17H2,1H3,(H,27,30)/b24-19-. The Morgan fingerprint density at radius 3 is 2.41 bits per heavy atom. The van der Waals surface area contributed by atoms with Crippen molar-refractivity contribution in [1.29, 1.82) is 0 Å². The lowest BCUT2D eigenvalue weighted by Gasteiger charge is -2.24. The van der Waals surface area contributed by atoms with Crippen molar-refractivity contribution in [2.45, 2.75) is 13.3 Å². The molecule has 164 valence electrons. The zero-order chi connectivity index (χ0) is 22.3. The van der Waals surface area contributed by atoms with Crippen molar-refractivity contribution in [2.75, 3.05) is 31.1 Å². The number of benzene rings is 2. The number of hydrogen-bond donors (Lipinski definition) is 1. The van der Waals surface area contributed by atoms with Crippen LogP contribution in [0.15, 0.2) is 83.1 Å². The normalized spacial score (nSPS) is 14.7. The number of amides is 2. The van der Waals surface area contributed by atoms with Gasteiger partial charge in [-0.3, -0.25) is 9.59 Å². The zero-order valence-electron chi connectivity index (χ0n) is 18.2. The van der Waals surface area contributed by atoms with Crippen LogP contribution < -0.4 is 10.2 Å². The SMILES string of the molecule is Cc1ccc(N2CCCN(C(=O)/C(=C/c3ccco3)NC(=O)c3ccccc3)CC2)cc1. The maximum absolute atomic E-state index is 13.4. The molecule has 1 fully saturated rings. The highest BCUT2D eigenvalue weighted by atomic mass is 16.3. The maximum atomic E-state index is 13.4. The van der Waals surface area contributed by atoms with E-state index in [1.54, 1.807) is 53.6 Å². The molecule has 1 aliphatic rings. The van der Waals surface area contributed by atoms with Gasteiger partial charge in [-0.15, -0.1) is 0 Å². The van der Waals surface area contributed by atoms with Crippen molar-refractivity contribution in [3.63, 3.8) is 0 Å². The lowest BCUT2D eigenvalue weighted by atomic mass is 10.2. The van der Waals surface area contributed by atoms with Gasteiger partial charge >= 0.3 is 0 Å². The number of anilines is 1. The van der Waals surface area contributed by atoms with Crippen molar-refractivity contribution in [3.05, 3.63) is 95.6 Å². The first kappa shape index (κ1) is 21.4. The molecule has 4 rings (SSSR count). The van der Waals surface area contributed by atoms with E-state index in [4.69, 9.17) is 4.42 Å². The first-order valence-electron chi connectivity index (χ1n) is 10.8. The number of carbonyl (C=O) groups excluding carboxylic acids is 2. The van der Waals surface area contributed by atoms with Crippen LogP contribution in [-0.2, 0) is 4.79 Å². The average molecular weight is 430 g/mol. The molecule has 0 radical (unpaired) electrons. The van der Waals surface area contributed by atoms with Gasteiger partial charge in [-0.2, -0.15) is 0 Å². The average Bonchev–Trinajstić information content (AvgIpc) is 3.21. The molecule has 1 aromatic heterocycles. The van der Waals surface area contributed by atoms with Crippen molar-refractivity contribution in [3.8, 4) is 0 Å². The highest BCUT2D eigenvalue weighted by Crippen LogP contribution is 2.18.